The van der Waals surface area contributed by atoms with Gasteiger partial charge in [-0.15, -0.1) is 0 Å². The van der Waals surface area contributed by atoms with Gasteiger partial charge in [-0.3, -0.25) is 0 Å². The molecular weight excluding hydrogens is 343 g/mol. The molecule has 1 aromatic carbocycles. The Balaban J connectivity index is 2.71. The lowest BCUT2D eigenvalue weighted by Gasteiger charge is -1.98. The molecule has 0 saturated heterocycles. The molecule has 0 fully saturated rings. The van der Waals surface area contributed by atoms with Crippen molar-refractivity contribution in [3.8, 4) is 0 Å². The highest BCUT2D eigenvalue weighted by atomic mass is 127. The maximum Gasteiger partial charge on any atom is 0.449 e. The summed E-state index contributed by atoms with van der Waals surface area (Å²) in [6.07, 6.45) is -4.46. The van der Waals surface area contributed by atoms with Crippen molar-refractivity contribution < 1.29 is 13.2 Å². The fourth-order valence-electron chi connectivity index (χ4n) is 1.18. The Morgan fingerprint density at radius 1 is 1.33 bits per heavy atom. The predicted molar refractivity (Wildman–Crippen MR) is 58.8 cm³/mol. The standard InChI is InChI=1S/C8H3ClF3IN2/c9-3-1-4(13)6-5(2-3)14-7(15-6)8(10,11)12/h1-2H,(H,14,15). The van der Waals surface area contributed by atoms with Gasteiger partial charge in [-0.25, -0.2) is 4.98 Å². The van der Waals surface area contributed by atoms with E-state index in [0.29, 0.717) is 14.1 Å². The van der Waals surface area contributed by atoms with Gasteiger partial charge in [0.05, 0.1) is 5.52 Å². The van der Waals surface area contributed by atoms with Crippen LogP contribution in [0.15, 0.2) is 12.1 Å². The molecule has 1 aromatic heterocycles. The number of benzene rings is 1. The lowest BCUT2D eigenvalue weighted by atomic mass is 10.3. The van der Waals surface area contributed by atoms with Crippen LogP contribution in [-0.2, 0) is 6.18 Å². The molecule has 0 saturated carbocycles. The van der Waals surface area contributed by atoms with E-state index in [1.165, 1.54) is 6.07 Å². The highest BCUT2D eigenvalue weighted by molar-refractivity contribution is 14.1. The highest BCUT2D eigenvalue weighted by Gasteiger charge is 2.34. The Labute approximate surface area is 101 Å². The first-order valence-electron chi connectivity index (χ1n) is 3.80. The number of hydrogen-bond acceptors (Lipinski definition) is 1. The Morgan fingerprint density at radius 3 is 2.60 bits per heavy atom. The number of halogens is 5. The van der Waals surface area contributed by atoms with E-state index < -0.39 is 12.0 Å². The van der Waals surface area contributed by atoms with Crippen molar-refractivity contribution in [2.24, 2.45) is 0 Å². The third kappa shape index (κ3) is 2.05. The van der Waals surface area contributed by atoms with Crippen LogP contribution in [0.1, 0.15) is 5.82 Å². The highest BCUT2D eigenvalue weighted by Crippen LogP contribution is 2.31. The number of imidazole rings is 1. The molecular formula is C8H3ClF3IN2. The van der Waals surface area contributed by atoms with Crippen LogP contribution in [0.2, 0.25) is 5.02 Å². The number of nitrogens with zero attached hydrogens (tertiary/aromatic N) is 1. The fourth-order valence-corrected chi connectivity index (χ4v) is 2.33. The van der Waals surface area contributed by atoms with E-state index in [9.17, 15) is 13.2 Å². The second-order valence-electron chi connectivity index (χ2n) is 2.87. The van der Waals surface area contributed by atoms with Gasteiger partial charge in [-0.05, 0) is 34.7 Å². The first-order chi connectivity index (χ1) is 6.88. The smallest absolute Gasteiger partial charge is 0.334 e. The molecule has 0 atom stereocenters. The van der Waals surface area contributed by atoms with Gasteiger partial charge in [0.25, 0.3) is 0 Å². The second kappa shape index (κ2) is 3.51. The third-order valence-electron chi connectivity index (χ3n) is 1.77. The number of aromatic nitrogens is 2. The number of aromatic amines is 1. The topological polar surface area (TPSA) is 28.7 Å². The Morgan fingerprint density at radius 2 is 2.00 bits per heavy atom. The zero-order valence-corrected chi connectivity index (χ0v) is 9.91. The summed E-state index contributed by atoms with van der Waals surface area (Å²) >= 11 is 7.60. The molecule has 80 valence electrons. The summed E-state index contributed by atoms with van der Waals surface area (Å²) in [4.78, 5) is 5.67. The van der Waals surface area contributed by atoms with E-state index in [1.54, 1.807) is 6.07 Å². The molecule has 7 heteroatoms. The van der Waals surface area contributed by atoms with Gasteiger partial charge < -0.3 is 4.98 Å². The van der Waals surface area contributed by atoms with Crippen LogP contribution < -0.4 is 0 Å². The van der Waals surface area contributed by atoms with Crippen molar-refractivity contribution in [2.75, 3.05) is 0 Å². The molecule has 2 rings (SSSR count). The Kier molecular flexibility index (Phi) is 2.58. The summed E-state index contributed by atoms with van der Waals surface area (Å²) in [5, 5.41) is 0.379. The Bertz CT molecular complexity index is 520. The summed E-state index contributed by atoms with van der Waals surface area (Å²) in [6, 6.07) is 2.98. The normalized spacial score (nSPS) is 12.3. The molecule has 2 aromatic rings. The maximum absolute atomic E-state index is 12.3. The minimum absolute atomic E-state index is 0.285. The van der Waals surface area contributed by atoms with E-state index in [0.717, 1.165) is 0 Å². The predicted octanol–water partition coefficient (Wildman–Crippen LogP) is 3.84. The van der Waals surface area contributed by atoms with Crippen LogP contribution >= 0.6 is 34.2 Å². The molecule has 0 spiro atoms. The van der Waals surface area contributed by atoms with Crippen molar-refractivity contribution in [2.45, 2.75) is 6.18 Å². The number of nitrogens with one attached hydrogen (secondary N) is 1. The van der Waals surface area contributed by atoms with Crippen LogP contribution in [-0.4, -0.2) is 9.97 Å². The summed E-state index contributed by atoms with van der Waals surface area (Å²) in [7, 11) is 0. The molecule has 0 amide bonds. The van der Waals surface area contributed by atoms with Crippen LogP contribution in [0.4, 0.5) is 13.2 Å². The van der Waals surface area contributed by atoms with Gasteiger partial charge >= 0.3 is 6.18 Å². The summed E-state index contributed by atoms with van der Waals surface area (Å²) in [6.45, 7) is 0. The lowest BCUT2D eigenvalue weighted by Crippen LogP contribution is -2.06. The van der Waals surface area contributed by atoms with Crippen molar-refractivity contribution in [1.29, 1.82) is 0 Å². The molecule has 0 aliphatic carbocycles. The molecule has 15 heavy (non-hydrogen) atoms. The monoisotopic (exact) mass is 346 g/mol. The molecule has 1 N–H and O–H groups in total. The average molecular weight is 346 g/mol. The summed E-state index contributed by atoms with van der Waals surface area (Å²) in [5.74, 6) is -1.00. The van der Waals surface area contributed by atoms with Gasteiger partial charge in [0, 0.05) is 8.59 Å². The zero-order chi connectivity index (χ0) is 11.2. The first-order valence-corrected chi connectivity index (χ1v) is 5.25. The maximum atomic E-state index is 12.3. The fraction of sp³-hybridized carbons (Fsp3) is 0.125. The van der Waals surface area contributed by atoms with Gasteiger partial charge in [-0.2, -0.15) is 13.2 Å². The van der Waals surface area contributed by atoms with Crippen LogP contribution in [0.25, 0.3) is 11.0 Å². The lowest BCUT2D eigenvalue weighted by molar-refractivity contribution is -0.144. The zero-order valence-electron chi connectivity index (χ0n) is 6.99. The molecule has 1 heterocycles. The van der Waals surface area contributed by atoms with Gasteiger partial charge in [0.15, 0.2) is 0 Å². The Hall–Kier alpha value is -0.500. The van der Waals surface area contributed by atoms with Crippen molar-refractivity contribution in [3.63, 3.8) is 0 Å². The molecule has 0 radical (unpaired) electrons. The van der Waals surface area contributed by atoms with E-state index in [4.69, 9.17) is 11.6 Å². The minimum atomic E-state index is -4.46. The quantitative estimate of drug-likeness (QED) is 0.722. The van der Waals surface area contributed by atoms with Gasteiger partial charge in [-0.1, -0.05) is 11.6 Å². The van der Waals surface area contributed by atoms with Crippen LogP contribution in [0.5, 0.6) is 0 Å². The summed E-state index contributed by atoms with van der Waals surface area (Å²) in [5.41, 5.74) is 0.576. The van der Waals surface area contributed by atoms with Crippen LogP contribution in [0.3, 0.4) is 0 Å². The number of hydrogen-bond donors (Lipinski definition) is 1. The van der Waals surface area contributed by atoms with Crippen LogP contribution in [0, 0.1) is 3.57 Å². The average Bonchev–Trinajstić information content (AvgIpc) is 2.46. The molecule has 0 unspecified atom stereocenters. The molecule has 2 nitrogen and oxygen atoms in total. The first kappa shape index (κ1) is 11.0. The molecule has 0 bridgehead atoms. The molecule has 0 aliphatic heterocycles. The third-order valence-corrected chi connectivity index (χ3v) is 2.81. The summed E-state index contributed by atoms with van der Waals surface area (Å²) < 4.78 is 37.6. The van der Waals surface area contributed by atoms with E-state index in [-0.39, 0.29) is 5.52 Å². The van der Waals surface area contributed by atoms with Gasteiger partial charge in [0.2, 0.25) is 5.82 Å². The van der Waals surface area contributed by atoms with Crippen molar-refractivity contribution >= 4 is 45.2 Å². The SMILES string of the molecule is FC(F)(F)c1nc2c(I)cc(Cl)cc2[nH]1. The minimum Gasteiger partial charge on any atom is -0.334 e. The largest absolute Gasteiger partial charge is 0.449 e. The van der Waals surface area contributed by atoms with E-state index in [2.05, 4.69) is 9.97 Å². The van der Waals surface area contributed by atoms with Crippen molar-refractivity contribution in [3.05, 3.63) is 26.5 Å². The number of rotatable bonds is 0. The van der Waals surface area contributed by atoms with E-state index in [1.807, 2.05) is 22.6 Å². The van der Waals surface area contributed by atoms with E-state index >= 15 is 0 Å². The second-order valence-corrected chi connectivity index (χ2v) is 4.47. The number of fused-ring (bicyclic) bond motifs is 1. The number of H-pyrrole nitrogens is 1. The van der Waals surface area contributed by atoms with Crippen molar-refractivity contribution in [1.82, 2.24) is 9.97 Å². The number of alkyl halides is 3. The molecule has 0 aliphatic rings. The van der Waals surface area contributed by atoms with Gasteiger partial charge in [0.1, 0.15) is 5.52 Å².